The maximum absolute atomic E-state index is 5.97. The number of hydrogen-bond donors (Lipinski definition) is 0. The van der Waals surface area contributed by atoms with E-state index in [4.69, 9.17) is 11.6 Å². The zero-order valence-electron chi connectivity index (χ0n) is 10.1. The maximum atomic E-state index is 5.97. The molecule has 0 amide bonds. The van der Waals surface area contributed by atoms with E-state index in [1.807, 2.05) is 12.1 Å². The minimum absolute atomic E-state index is 0.560. The molecule has 1 aromatic heterocycles. The number of rotatable bonds is 1. The van der Waals surface area contributed by atoms with Gasteiger partial charge in [-0.1, -0.05) is 35.9 Å². The van der Waals surface area contributed by atoms with E-state index in [0.29, 0.717) is 5.15 Å². The van der Waals surface area contributed by atoms with Crippen molar-refractivity contribution in [1.29, 1.82) is 0 Å². The van der Waals surface area contributed by atoms with Gasteiger partial charge in [0.15, 0.2) is 0 Å². The van der Waals surface area contributed by atoms with Crippen molar-refractivity contribution in [3.63, 3.8) is 0 Å². The predicted octanol–water partition coefficient (Wildman–Crippen LogP) is 3.69. The van der Waals surface area contributed by atoms with E-state index in [9.17, 15) is 0 Å². The number of anilines is 1. The first kappa shape index (κ1) is 11.5. The van der Waals surface area contributed by atoms with Crippen LogP contribution in [0.15, 0.2) is 42.6 Å². The van der Waals surface area contributed by atoms with Crippen molar-refractivity contribution in [1.82, 2.24) is 4.98 Å². The van der Waals surface area contributed by atoms with Crippen molar-refractivity contribution >= 4 is 17.3 Å². The third-order valence-corrected chi connectivity index (χ3v) is 3.64. The Morgan fingerprint density at radius 2 is 1.94 bits per heavy atom. The van der Waals surface area contributed by atoms with Gasteiger partial charge in [-0.2, -0.15) is 0 Å². The molecular formula is C15H15ClN2. The van der Waals surface area contributed by atoms with Gasteiger partial charge in [0.05, 0.1) is 0 Å². The van der Waals surface area contributed by atoms with Crippen LogP contribution in [0.4, 0.5) is 5.69 Å². The molecule has 0 N–H and O–H groups in total. The van der Waals surface area contributed by atoms with Crippen molar-refractivity contribution < 1.29 is 0 Å². The lowest BCUT2D eigenvalue weighted by Crippen LogP contribution is -2.22. The van der Waals surface area contributed by atoms with Gasteiger partial charge in [-0.15, -0.1) is 0 Å². The quantitative estimate of drug-likeness (QED) is 0.726. The summed E-state index contributed by atoms with van der Waals surface area (Å²) < 4.78 is 0. The highest BCUT2D eigenvalue weighted by Crippen LogP contribution is 2.24. The Hall–Kier alpha value is -1.54. The summed E-state index contributed by atoms with van der Waals surface area (Å²) in [6.45, 7) is 2.02. The largest absolute Gasteiger partial charge is 0.367 e. The van der Waals surface area contributed by atoms with E-state index in [1.54, 1.807) is 6.20 Å². The molecule has 1 aliphatic heterocycles. The van der Waals surface area contributed by atoms with Crippen molar-refractivity contribution in [3.05, 3.63) is 58.9 Å². The summed E-state index contributed by atoms with van der Waals surface area (Å²) in [6.07, 6.45) is 4.11. The highest BCUT2D eigenvalue weighted by atomic mass is 35.5. The number of aromatic nitrogens is 1. The van der Waals surface area contributed by atoms with E-state index in [2.05, 4.69) is 34.1 Å². The van der Waals surface area contributed by atoms with Crippen molar-refractivity contribution in [2.75, 3.05) is 11.4 Å². The number of fused-ring (bicyclic) bond motifs is 1. The normalized spacial score (nSPS) is 15.1. The molecule has 1 aliphatic rings. The van der Waals surface area contributed by atoms with Crippen LogP contribution in [0.1, 0.15) is 17.5 Å². The number of pyridine rings is 1. The lowest BCUT2D eigenvalue weighted by Gasteiger charge is -2.23. The summed E-state index contributed by atoms with van der Waals surface area (Å²) in [5.41, 5.74) is 4.05. The molecule has 3 heteroatoms. The Bertz CT molecular complexity index is 554. The van der Waals surface area contributed by atoms with Crippen molar-refractivity contribution in [2.45, 2.75) is 19.4 Å². The van der Waals surface area contributed by atoms with E-state index in [1.165, 1.54) is 17.5 Å². The SMILES string of the molecule is Clc1cc(N2CCCc3ccccc3C2)ccn1. The van der Waals surface area contributed by atoms with Gasteiger partial charge in [0.2, 0.25) is 0 Å². The Balaban J connectivity index is 1.91. The van der Waals surface area contributed by atoms with Gasteiger partial charge in [0, 0.05) is 25.0 Å². The van der Waals surface area contributed by atoms with Crippen LogP contribution < -0.4 is 4.90 Å². The van der Waals surface area contributed by atoms with E-state index >= 15 is 0 Å². The highest BCUT2D eigenvalue weighted by molar-refractivity contribution is 6.29. The molecule has 0 atom stereocenters. The molecular weight excluding hydrogens is 244 g/mol. The van der Waals surface area contributed by atoms with Gasteiger partial charge in [0.1, 0.15) is 5.15 Å². The lowest BCUT2D eigenvalue weighted by molar-refractivity contribution is 0.765. The summed E-state index contributed by atoms with van der Waals surface area (Å²) in [6, 6.07) is 12.7. The lowest BCUT2D eigenvalue weighted by atomic mass is 10.0. The molecule has 0 radical (unpaired) electrons. The van der Waals surface area contributed by atoms with Crippen LogP contribution in [-0.2, 0) is 13.0 Å². The number of benzene rings is 1. The number of nitrogens with zero attached hydrogens (tertiary/aromatic N) is 2. The fraction of sp³-hybridized carbons (Fsp3) is 0.267. The molecule has 18 heavy (non-hydrogen) atoms. The molecule has 0 saturated heterocycles. The zero-order chi connectivity index (χ0) is 12.4. The second kappa shape index (κ2) is 4.99. The monoisotopic (exact) mass is 258 g/mol. The van der Waals surface area contributed by atoms with Crippen LogP contribution in [0.3, 0.4) is 0 Å². The highest BCUT2D eigenvalue weighted by Gasteiger charge is 2.14. The summed E-state index contributed by atoms with van der Waals surface area (Å²) in [5.74, 6) is 0. The summed E-state index contributed by atoms with van der Waals surface area (Å²) >= 11 is 5.97. The average Bonchev–Trinajstić information content (AvgIpc) is 2.60. The Morgan fingerprint density at radius 1 is 1.11 bits per heavy atom. The minimum Gasteiger partial charge on any atom is -0.367 e. The number of hydrogen-bond acceptors (Lipinski definition) is 2. The second-order valence-electron chi connectivity index (χ2n) is 4.63. The van der Waals surface area contributed by atoms with Crippen LogP contribution in [0.2, 0.25) is 5.15 Å². The van der Waals surface area contributed by atoms with E-state index in [0.717, 1.165) is 25.2 Å². The standard InChI is InChI=1S/C15H15ClN2/c16-15-10-14(7-8-17-15)18-9-3-6-12-4-1-2-5-13(12)11-18/h1-2,4-5,7-8,10H,3,6,9,11H2. The molecule has 3 rings (SSSR count). The van der Waals surface area contributed by atoms with Crippen LogP contribution in [-0.4, -0.2) is 11.5 Å². The van der Waals surface area contributed by atoms with Gasteiger partial charge >= 0.3 is 0 Å². The summed E-state index contributed by atoms with van der Waals surface area (Å²) in [7, 11) is 0. The first-order valence-corrected chi connectivity index (χ1v) is 6.64. The molecule has 0 unspecified atom stereocenters. The third-order valence-electron chi connectivity index (χ3n) is 3.43. The van der Waals surface area contributed by atoms with Crippen molar-refractivity contribution in [3.8, 4) is 0 Å². The molecule has 0 saturated carbocycles. The molecule has 0 spiro atoms. The molecule has 0 bridgehead atoms. The molecule has 2 aromatic rings. The molecule has 0 fully saturated rings. The van der Waals surface area contributed by atoms with Gasteiger partial charge < -0.3 is 4.90 Å². The minimum atomic E-state index is 0.560. The average molecular weight is 259 g/mol. The topological polar surface area (TPSA) is 16.1 Å². The Morgan fingerprint density at radius 3 is 2.78 bits per heavy atom. The molecule has 1 aromatic carbocycles. The molecule has 92 valence electrons. The van der Waals surface area contributed by atoms with Gasteiger partial charge in [0.25, 0.3) is 0 Å². The van der Waals surface area contributed by atoms with Gasteiger partial charge in [-0.05, 0) is 36.1 Å². The van der Waals surface area contributed by atoms with Gasteiger partial charge in [-0.3, -0.25) is 0 Å². The number of halogens is 1. The fourth-order valence-corrected chi connectivity index (χ4v) is 2.68. The van der Waals surface area contributed by atoms with E-state index < -0.39 is 0 Å². The Labute approximate surface area is 112 Å². The maximum Gasteiger partial charge on any atom is 0.131 e. The fourth-order valence-electron chi connectivity index (χ4n) is 2.51. The predicted molar refractivity (Wildman–Crippen MR) is 75.1 cm³/mol. The van der Waals surface area contributed by atoms with Crippen molar-refractivity contribution in [2.24, 2.45) is 0 Å². The third kappa shape index (κ3) is 2.34. The zero-order valence-corrected chi connectivity index (χ0v) is 10.9. The Kier molecular flexibility index (Phi) is 3.20. The van der Waals surface area contributed by atoms with Crippen LogP contribution in [0.25, 0.3) is 0 Å². The first-order chi connectivity index (χ1) is 8.83. The van der Waals surface area contributed by atoms with Gasteiger partial charge in [-0.25, -0.2) is 4.98 Å². The molecule has 0 aliphatic carbocycles. The van der Waals surface area contributed by atoms with Crippen LogP contribution >= 0.6 is 11.6 Å². The summed E-state index contributed by atoms with van der Waals surface area (Å²) in [4.78, 5) is 6.42. The molecule has 2 nitrogen and oxygen atoms in total. The van der Waals surface area contributed by atoms with E-state index in [-0.39, 0.29) is 0 Å². The first-order valence-electron chi connectivity index (χ1n) is 6.26. The molecule has 2 heterocycles. The number of aryl methyl sites for hydroxylation is 1. The summed E-state index contributed by atoms with van der Waals surface area (Å²) in [5, 5.41) is 0.560. The smallest absolute Gasteiger partial charge is 0.131 e. The van der Waals surface area contributed by atoms with Crippen LogP contribution in [0, 0.1) is 0 Å². The van der Waals surface area contributed by atoms with Crippen LogP contribution in [0.5, 0.6) is 0 Å². The second-order valence-corrected chi connectivity index (χ2v) is 5.02.